The fraction of sp³-hybridized carbons (Fsp3) is 0.517. The van der Waals surface area contributed by atoms with E-state index in [1.54, 1.807) is 0 Å². The summed E-state index contributed by atoms with van der Waals surface area (Å²) in [5.41, 5.74) is 4.42. The molecule has 0 spiro atoms. The van der Waals surface area contributed by atoms with Crippen molar-refractivity contribution in [1.82, 2.24) is 14.9 Å². The normalized spacial score (nSPS) is 11.7. The van der Waals surface area contributed by atoms with E-state index >= 15 is 0 Å². The standard InChI is InChI=1S/C29H41N3O2/c1-22-16-17-26(23(2)21-22)34-20-12-11-19-32-25-14-9-8-13-24(25)31-27(32)15-7-6-10-18-30-28(33)29(3,4)5/h8-9,13-14,16-17,21H,6-7,10-12,15,18-20H2,1-5H3,(H,30,33). The summed E-state index contributed by atoms with van der Waals surface area (Å²) >= 11 is 0. The third kappa shape index (κ3) is 7.34. The summed E-state index contributed by atoms with van der Waals surface area (Å²) in [6.07, 6.45) is 6.17. The van der Waals surface area contributed by atoms with Gasteiger partial charge in [0, 0.05) is 24.9 Å². The second kappa shape index (κ2) is 12.0. The van der Waals surface area contributed by atoms with Crippen LogP contribution in [0.25, 0.3) is 11.0 Å². The second-order valence-electron chi connectivity index (χ2n) is 10.3. The molecule has 2 aromatic carbocycles. The molecule has 3 aromatic rings. The summed E-state index contributed by atoms with van der Waals surface area (Å²) in [7, 11) is 0. The first-order valence-corrected chi connectivity index (χ1v) is 12.7. The smallest absolute Gasteiger partial charge is 0.225 e. The average Bonchev–Trinajstić information content (AvgIpc) is 3.13. The summed E-state index contributed by atoms with van der Waals surface area (Å²) in [5.74, 6) is 2.27. The molecule has 5 heteroatoms. The van der Waals surface area contributed by atoms with Gasteiger partial charge in [0.15, 0.2) is 0 Å². The molecule has 34 heavy (non-hydrogen) atoms. The Morgan fingerprint density at radius 3 is 2.56 bits per heavy atom. The number of nitrogens with zero attached hydrogens (tertiary/aromatic N) is 2. The Hall–Kier alpha value is -2.82. The maximum absolute atomic E-state index is 12.0. The zero-order valence-electron chi connectivity index (χ0n) is 21.6. The third-order valence-corrected chi connectivity index (χ3v) is 6.14. The van der Waals surface area contributed by atoms with Crippen LogP contribution in [-0.2, 0) is 17.8 Å². The fourth-order valence-electron chi connectivity index (χ4n) is 4.13. The van der Waals surface area contributed by atoms with Crippen LogP contribution in [0.15, 0.2) is 42.5 Å². The first-order valence-electron chi connectivity index (χ1n) is 12.7. The van der Waals surface area contributed by atoms with Gasteiger partial charge in [0.25, 0.3) is 0 Å². The van der Waals surface area contributed by atoms with Crippen LogP contribution in [0.2, 0.25) is 0 Å². The number of amides is 1. The minimum absolute atomic E-state index is 0.121. The largest absolute Gasteiger partial charge is 0.493 e. The van der Waals surface area contributed by atoms with Crippen molar-refractivity contribution in [3.8, 4) is 5.75 Å². The molecule has 184 valence electrons. The molecule has 1 heterocycles. The zero-order chi connectivity index (χ0) is 24.6. The highest BCUT2D eigenvalue weighted by molar-refractivity contribution is 5.81. The second-order valence-corrected chi connectivity index (χ2v) is 10.3. The van der Waals surface area contributed by atoms with Crippen LogP contribution in [0.5, 0.6) is 5.75 Å². The van der Waals surface area contributed by atoms with Crippen molar-refractivity contribution in [2.75, 3.05) is 13.2 Å². The lowest BCUT2D eigenvalue weighted by Gasteiger charge is -2.17. The van der Waals surface area contributed by atoms with Gasteiger partial charge in [-0.3, -0.25) is 4.79 Å². The summed E-state index contributed by atoms with van der Waals surface area (Å²) in [4.78, 5) is 16.9. The highest BCUT2D eigenvalue weighted by Crippen LogP contribution is 2.21. The van der Waals surface area contributed by atoms with Crippen LogP contribution in [0.3, 0.4) is 0 Å². The van der Waals surface area contributed by atoms with Gasteiger partial charge in [-0.25, -0.2) is 4.98 Å². The van der Waals surface area contributed by atoms with Crippen molar-refractivity contribution in [2.24, 2.45) is 5.41 Å². The average molecular weight is 464 g/mol. The van der Waals surface area contributed by atoms with Gasteiger partial charge in [-0.2, -0.15) is 0 Å². The number of aryl methyl sites for hydroxylation is 4. The third-order valence-electron chi connectivity index (χ3n) is 6.14. The Kier molecular flexibility index (Phi) is 9.14. The summed E-state index contributed by atoms with van der Waals surface area (Å²) < 4.78 is 8.40. The molecule has 1 aromatic heterocycles. The highest BCUT2D eigenvalue weighted by Gasteiger charge is 2.20. The first-order chi connectivity index (χ1) is 16.3. The number of benzene rings is 2. The molecule has 5 nitrogen and oxygen atoms in total. The number of nitrogens with one attached hydrogen (secondary N) is 1. The van der Waals surface area contributed by atoms with Gasteiger partial charge in [0.2, 0.25) is 5.91 Å². The van der Waals surface area contributed by atoms with Crippen molar-refractivity contribution in [2.45, 2.75) is 79.7 Å². The summed E-state index contributed by atoms with van der Waals surface area (Å²) in [5, 5.41) is 3.04. The Balaban J connectivity index is 1.47. The van der Waals surface area contributed by atoms with Gasteiger partial charge in [-0.1, -0.05) is 57.0 Å². The minimum Gasteiger partial charge on any atom is -0.493 e. The van der Waals surface area contributed by atoms with E-state index in [-0.39, 0.29) is 11.3 Å². The number of hydrogen-bond donors (Lipinski definition) is 1. The molecule has 0 radical (unpaired) electrons. The molecule has 1 N–H and O–H groups in total. The number of aromatic nitrogens is 2. The quantitative estimate of drug-likeness (QED) is 0.317. The minimum atomic E-state index is -0.325. The van der Waals surface area contributed by atoms with Crippen molar-refractivity contribution in [3.63, 3.8) is 0 Å². The monoisotopic (exact) mass is 463 g/mol. The van der Waals surface area contributed by atoms with Crippen LogP contribution in [0, 0.1) is 19.3 Å². The number of carbonyl (C=O) groups is 1. The molecule has 0 bridgehead atoms. The van der Waals surface area contributed by atoms with E-state index in [1.165, 1.54) is 16.6 Å². The summed E-state index contributed by atoms with van der Waals surface area (Å²) in [6.45, 7) is 12.5. The number of imidazole rings is 1. The van der Waals surface area contributed by atoms with Crippen LogP contribution < -0.4 is 10.1 Å². The highest BCUT2D eigenvalue weighted by atomic mass is 16.5. The molecule has 0 unspecified atom stereocenters. The Morgan fingerprint density at radius 2 is 1.79 bits per heavy atom. The summed E-state index contributed by atoms with van der Waals surface area (Å²) in [6, 6.07) is 14.7. The van der Waals surface area contributed by atoms with Crippen molar-refractivity contribution in [1.29, 1.82) is 0 Å². The predicted molar refractivity (Wildman–Crippen MR) is 140 cm³/mol. The van der Waals surface area contributed by atoms with Gasteiger partial charge in [-0.05, 0) is 63.3 Å². The van der Waals surface area contributed by atoms with Crippen molar-refractivity contribution >= 4 is 16.9 Å². The van der Waals surface area contributed by atoms with Crippen LogP contribution in [0.4, 0.5) is 0 Å². The zero-order valence-corrected chi connectivity index (χ0v) is 21.6. The van der Waals surface area contributed by atoms with Gasteiger partial charge >= 0.3 is 0 Å². The topological polar surface area (TPSA) is 56.1 Å². The molecule has 0 atom stereocenters. The van der Waals surface area contributed by atoms with E-state index in [9.17, 15) is 4.79 Å². The van der Waals surface area contributed by atoms with Crippen LogP contribution >= 0.6 is 0 Å². The van der Waals surface area contributed by atoms with Gasteiger partial charge in [0.1, 0.15) is 11.6 Å². The Bertz CT molecular complexity index is 1080. The van der Waals surface area contributed by atoms with Gasteiger partial charge in [-0.15, -0.1) is 0 Å². The number of para-hydroxylation sites is 2. The molecule has 0 saturated carbocycles. The molecule has 3 rings (SSSR count). The van der Waals surface area contributed by atoms with E-state index in [4.69, 9.17) is 9.72 Å². The van der Waals surface area contributed by atoms with Crippen molar-refractivity contribution < 1.29 is 9.53 Å². The lowest BCUT2D eigenvalue weighted by atomic mass is 9.96. The van der Waals surface area contributed by atoms with Crippen LogP contribution in [-0.4, -0.2) is 28.6 Å². The van der Waals surface area contributed by atoms with E-state index < -0.39 is 0 Å². The molecule has 0 saturated heterocycles. The maximum atomic E-state index is 12.0. The fourth-order valence-corrected chi connectivity index (χ4v) is 4.13. The number of carbonyl (C=O) groups excluding carboxylic acids is 1. The lowest BCUT2D eigenvalue weighted by molar-refractivity contribution is -0.128. The predicted octanol–water partition coefficient (Wildman–Crippen LogP) is 6.39. The number of fused-ring (bicyclic) bond motifs is 1. The lowest BCUT2D eigenvalue weighted by Crippen LogP contribution is -2.35. The number of ether oxygens (including phenoxy) is 1. The Labute approximate surface area is 204 Å². The van der Waals surface area contributed by atoms with E-state index in [0.717, 1.165) is 75.3 Å². The number of unbranched alkanes of at least 4 members (excludes halogenated alkanes) is 3. The van der Waals surface area contributed by atoms with E-state index in [2.05, 4.69) is 66.2 Å². The molecule has 0 aliphatic rings. The molecule has 1 amide bonds. The van der Waals surface area contributed by atoms with Gasteiger partial charge < -0.3 is 14.6 Å². The number of hydrogen-bond acceptors (Lipinski definition) is 3. The van der Waals surface area contributed by atoms with E-state index in [1.807, 2.05) is 20.8 Å². The SMILES string of the molecule is Cc1ccc(OCCCCn2c(CCCCCNC(=O)C(C)(C)C)nc3ccccc32)c(C)c1. The Morgan fingerprint density at radius 1 is 1.00 bits per heavy atom. The van der Waals surface area contributed by atoms with Crippen molar-refractivity contribution in [3.05, 3.63) is 59.4 Å². The molecular weight excluding hydrogens is 422 g/mol. The number of rotatable bonds is 12. The van der Waals surface area contributed by atoms with Crippen LogP contribution in [0.1, 0.15) is 69.8 Å². The molecule has 0 fully saturated rings. The first kappa shape index (κ1) is 25.8. The molecule has 0 aliphatic carbocycles. The molecule has 0 aliphatic heterocycles. The van der Waals surface area contributed by atoms with E-state index in [0.29, 0.717) is 0 Å². The van der Waals surface area contributed by atoms with Gasteiger partial charge in [0.05, 0.1) is 17.6 Å². The molecular formula is C29H41N3O2. The maximum Gasteiger partial charge on any atom is 0.225 e.